The Morgan fingerprint density at radius 3 is 2.41 bits per heavy atom. The normalized spacial score (nSPS) is 21.1. The number of likely N-dealkylation sites (tertiary alicyclic amines) is 1. The zero-order chi connectivity index (χ0) is 37.1. The Kier molecular flexibility index (Phi) is 10.1. The van der Waals surface area contributed by atoms with Crippen LogP contribution < -0.4 is 21.1 Å². The van der Waals surface area contributed by atoms with E-state index in [2.05, 4.69) is 15.6 Å². The highest BCUT2D eigenvalue weighted by atomic mass is 32.5. The number of aliphatic imine (C=N–C) groups is 1. The molecular weight excluding hydrogens is 722 g/mol. The average Bonchev–Trinajstić information content (AvgIpc) is 3.37. The third-order valence-corrected chi connectivity index (χ3v) is 10.7. The zero-order valence-electron chi connectivity index (χ0n) is 27.3. The van der Waals surface area contributed by atoms with Gasteiger partial charge in [0.25, 0.3) is 0 Å². The summed E-state index contributed by atoms with van der Waals surface area (Å²) in [5.41, 5.74) is 7.08. The van der Waals surface area contributed by atoms with Gasteiger partial charge in [-0.25, -0.2) is 4.79 Å². The Labute approximate surface area is 294 Å². The van der Waals surface area contributed by atoms with Crippen molar-refractivity contribution in [3.63, 3.8) is 0 Å². The molecule has 0 unspecified atom stereocenters. The van der Waals surface area contributed by atoms with Crippen LogP contribution in [0.4, 0.5) is 24.2 Å². The second kappa shape index (κ2) is 13.8. The lowest BCUT2D eigenvalue weighted by Gasteiger charge is -2.40. The van der Waals surface area contributed by atoms with Crippen LogP contribution in [0.15, 0.2) is 75.9 Å². The monoisotopic (exact) mass is 757 g/mol. The van der Waals surface area contributed by atoms with E-state index in [1.165, 1.54) is 16.2 Å². The highest BCUT2D eigenvalue weighted by Crippen LogP contribution is 3.02. The molecule has 4 amide bonds. The molecule has 276 valence electrons. The Morgan fingerprint density at radius 1 is 1.02 bits per heavy atom. The minimum absolute atomic E-state index is 0.0354. The largest absolute Gasteiger partial charge is 0.494 e. The van der Waals surface area contributed by atoms with Gasteiger partial charge >= 0.3 is 16.3 Å². The van der Waals surface area contributed by atoms with Crippen molar-refractivity contribution in [3.8, 4) is 5.75 Å². The van der Waals surface area contributed by atoms with Crippen LogP contribution in [0.25, 0.3) is 0 Å². The molecule has 1 aliphatic carbocycles. The molecule has 0 spiro atoms. The average molecular weight is 758 g/mol. The summed E-state index contributed by atoms with van der Waals surface area (Å²) in [5.74, 6) is -1.36. The lowest BCUT2D eigenvalue weighted by atomic mass is 10.0. The number of halogens is 5. The number of piperidine rings is 1. The van der Waals surface area contributed by atoms with Gasteiger partial charge in [0.1, 0.15) is 29.1 Å². The number of rotatable bonds is 14. The first-order chi connectivity index (χ1) is 23.8. The number of nitrogens with zero attached hydrogens (tertiary/aromatic N) is 2. The van der Waals surface area contributed by atoms with E-state index in [1.807, 2.05) is 37.3 Å². The van der Waals surface area contributed by atoms with Crippen molar-refractivity contribution in [1.82, 2.24) is 15.5 Å². The van der Waals surface area contributed by atoms with E-state index < -0.39 is 39.1 Å². The van der Waals surface area contributed by atoms with Gasteiger partial charge in [-0.1, -0.05) is 56.7 Å². The van der Waals surface area contributed by atoms with Crippen molar-refractivity contribution in [2.24, 2.45) is 16.1 Å². The van der Waals surface area contributed by atoms with Gasteiger partial charge in [-0.2, -0.15) is 4.99 Å². The van der Waals surface area contributed by atoms with Gasteiger partial charge in [-0.3, -0.25) is 14.4 Å². The van der Waals surface area contributed by atoms with Gasteiger partial charge in [-0.15, -0.1) is 11.3 Å². The van der Waals surface area contributed by atoms with E-state index >= 15 is 0 Å². The molecule has 11 nitrogen and oxygen atoms in total. The maximum Gasteiger partial charge on any atom is 0.435 e. The molecule has 2 heterocycles. The summed E-state index contributed by atoms with van der Waals surface area (Å²) >= 11 is 1.30. The van der Waals surface area contributed by atoms with Crippen LogP contribution in [-0.2, 0) is 32.3 Å². The van der Waals surface area contributed by atoms with Crippen molar-refractivity contribution in [2.45, 2.75) is 62.7 Å². The van der Waals surface area contributed by atoms with E-state index in [0.717, 1.165) is 29.0 Å². The Morgan fingerprint density at radius 2 is 1.73 bits per heavy atom. The molecule has 3 atom stereocenters. The Bertz CT molecular complexity index is 1830. The summed E-state index contributed by atoms with van der Waals surface area (Å²) in [6, 6.07) is 12.0. The van der Waals surface area contributed by atoms with Gasteiger partial charge in [0.05, 0.1) is 19.7 Å². The number of amidine groups is 1. The van der Waals surface area contributed by atoms with E-state index in [1.54, 1.807) is 11.4 Å². The van der Waals surface area contributed by atoms with Crippen molar-refractivity contribution < 1.29 is 48.1 Å². The van der Waals surface area contributed by atoms with Gasteiger partial charge in [-0.05, 0) is 60.6 Å². The molecule has 1 aliphatic heterocycles. The number of hydrogen-bond acceptors (Lipinski definition) is 7. The third kappa shape index (κ3) is 9.96. The van der Waals surface area contributed by atoms with Crippen LogP contribution in [0.1, 0.15) is 48.6 Å². The molecule has 0 radical (unpaired) electrons. The second-order valence-electron chi connectivity index (χ2n) is 12.6. The maximum atomic E-state index is 13.2. The molecule has 2 aliphatic rings. The van der Waals surface area contributed by atoms with Crippen LogP contribution >= 0.6 is 21.6 Å². The Hall–Kier alpha value is -4.71. The third-order valence-electron chi connectivity index (χ3n) is 8.55. The van der Waals surface area contributed by atoms with E-state index in [4.69, 9.17) is 15.2 Å². The van der Waals surface area contributed by atoms with E-state index in [9.17, 15) is 38.6 Å². The van der Waals surface area contributed by atoms with Gasteiger partial charge < -0.3 is 30.7 Å². The molecule has 1 saturated carbocycles. The SMILES string of the molecule is C[C@@]12C[C@@H]1N(C(=O)CNC(=O)CCCOc1ccc(S(F)(F)(F)(F)F)cc1)[C@H](C(=O)NCc1cc(/C(N)=N/C(=O)OCc3ccccc3)cs1)C2. The summed E-state index contributed by atoms with van der Waals surface area (Å²) in [5, 5.41) is 7.08. The number of nitrogens with two attached hydrogens (primary N) is 1. The molecule has 0 bridgehead atoms. The van der Waals surface area contributed by atoms with Gasteiger partial charge in [0.15, 0.2) is 0 Å². The number of hydrogen-bond donors (Lipinski definition) is 3. The van der Waals surface area contributed by atoms with E-state index in [-0.39, 0.29) is 80.2 Å². The summed E-state index contributed by atoms with van der Waals surface area (Å²) in [4.78, 5) is 54.9. The standard InChI is InChI=1S/C33H36F5N5O6S2/c1-33-15-26(31(46)41-17-24-14-22(20-50-24)30(39)42-32(47)49-19-21-6-3-2-4-7-21)43(27(33)16-33)29(45)18-40-28(44)8-5-13-48-23-9-11-25(12-10-23)51(34,35,36,37)38/h2-4,6-7,9-12,14,20,26-27H,5,8,13,15-19H2,1H3,(H,40,44)(H,41,46)(H2,39,42,47)/t26-,27-,33+/m0/s1. The number of ether oxygens (including phenoxy) is 2. The smallest absolute Gasteiger partial charge is 0.435 e. The predicted molar refractivity (Wildman–Crippen MR) is 181 cm³/mol. The fourth-order valence-electron chi connectivity index (χ4n) is 5.74. The number of thiophene rings is 1. The molecule has 2 fully saturated rings. The highest BCUT2D eigenvalue weighted by molar-refractivity contribution is 8.45. The van der Waals surface area contributed by atoms with E-state index in [0.29, 0.717) is 12.0 Å². The molecule has 3 aromatic rings. The summed E-state index contributed by atoms with van der Waals surface area (Å²) in [7, 11) is -9.78. The first-order valence-electron chi connectivity index (χ1n) is 15.8. The number of fused-ring (bicyclic) bond motifs is 1. The first-order valence-corrected chi connectivity index (χ1v) is 18.6. The van der Waals surface area contributed by atoms with Crippen LogP contribution in [0.2, 0.25) is 0 Å². The minimum atomic E-state index is -9.78. The van der Waals surface area contributed by atoms with Crippen molar-refractivity contribution in [1.29, 1.82) is 0 Å². The van der Waals surface area contributed by atoms with Gasteiger partial charge in [0, 0.05) is 28.3 Å². The summed E-state index contributed by atoms with van der Waals surface area (Å²) in [6.45, 7) is 1.76. The Balaban J connectivity index is 1.04. The van der Waals surface area contributed by atoms with Crippen molar-refractivity contribution in [3.05, 3.63) is 82.0 Å². The van der Waals surface area contributed by atoms with Crippen molar-refractivity contribution in [2.75, 3.05) is 13.2 Å². The van der Waals surface area contributed by atoms with Crippen molar-refractivity contribution >= 4 is 51.2 Å². The molecule has 5 rings (SSSR count). The van der Waals surface area contributed by atoms with Crippen LogP contribution in [0, 0.1) is 5.41 Å². The highest BCUT2D eigenvalue weighted by Gasteiger charge is 2.65. The number of carbonyl (C=O) groups is 4. The summed E-state index contributed by atoms with van der Waals surface area (Å²) in [6.07, 6.45) is 0.423. The number of benzene rings is 2. The zero-order valence-corrected chi connectivity index (χ0v) is 28.9. The van der Waals surface area contributed by atoms with Crippen LogP contribution in [-0.4, -0.2) is 59.8 Å². The second-order valence-corrected chi connectivity index (χ2v) is 16.0. The molecule has 1 aromatic heterocycles. The molecule has 51 heavy (non-hydrogen) atoms. The fraction of sp³-hybridized carbons (Fsp3) is 0.364. The lowest BCUT2D eigenvalue weighted by Crippen LogP contribution is -2.50. The number of carbonyl (C=O) groups excluding carboxylic acids is 4. The minimum Gasteiger partial charge on any atom is -0.494 e. The first kappa shape index (κ1) is 37.5. The maximum absolute atomic E-state index is 13.2. The number of amides is 4. The van der Waals surface area contributed by atoms with Gasteiger partial charge in [0.2, 0.25) is 17.7 Å². The lowest BCUT2D eigenvalue weighted by molar-refractivity contribution is -0.140. The molecule has 4 N–H and O–H groups in total. The van der Waals surface area contributed by atoms with Crippen LogP contribution in [0.3, 0.4) is 0 Å². The molecular formula is C33H36F5N5O6S2. The molecule has 1 saturated heterocycles. The van der Waals surface area contributed by atoms with Crippen LogP contribution in [0.5, 0.6) is 5.75 Å². The fourth-order valence-corrected chi connectivity index (χ4v) is 7.21. The molecule has 2 aromatic carbocycles. The topological polar surface area (TPSA) is 152 Å². The predicted octanol–water partition coefficient (Wildman–Crippen LogP) is 6.42. The number of nitrogens with one attached hydrogen (secondary N) is 2. The quantitative estimate of drug-likeness (QED) is 0.0743. The molecule has 18 heteroatoms. The summed E-state index contributed by atoms with van der Waals surface area (Å²) < 4.78 is 74.7.